The third-order valence-electron chi connectivity index (χ3n) is 3.99. The van der Waals surface area contributed by atoms with E-state index in [0.717, 1.165) is 36.6 Å². The standard InChI is InChI=1S/C17H27ClN2O/c1-17(2,3)19-10-12-5-6-16(15(18)9-12)20(4)11-13-7-14(21)8-13/h5-6,9,13-14,19,21H,7-8,10-11H2,1-4H3. The molecular formula is C17H27ClN2O. The van der Waals surface area contributed by atoms with Gasteiger partial charge in [-0.3, -0.25) is 0 Å². The van der Waals surface area contributed by atoms with Crippen LogP contribution in [0.15, 0.2) is 18.2 Å². The monoisotopic (exact) mass is 310 g/mol. The lowest BCUT2D eigenvalue weighted by atomic mass is 9.82. The number of nitrogens with zero attached hydrogens (tertiary/aromatic N) is 1. The smallest absolute Gasteiger partial charge is 0.0642 e. The van der Waals surface area contributed by atoms with Gasteiger partial charge in [0, 0.05) is 25.7 Å². The maximum atomic E-state index is 9.37. The van der Waals surface area contributed by atoms with Crippen molar-refractivity contribution in [2.45, 2.75) is 51.8 Å². The van der Waals surface area contributed by atoms with E-state index in [1.54, 1.807) is 0 Å². The van der Waals surface area contributed by atoms with Crippen LogP contribution in [0.4, 0.5) is 5.69 Å². The Balaban J connectivity index is 1.95. The van der Waals surface area contributed by atoms with Crippen molar-refractivity contribution < 1.29 is 5.11 Å². The lowest BCUT2D eigenvalue weighted by molar-refractivity contribution is 0.0465. The van der Waals surface area contributed by atoms with Crippen molar-refractivity contribution >= 4 is 17.3 Å². The number of benzene rings is 1. The quantitative estimate of drug-likeness (QED) is 0.874. The Morgan fingerprint density at radius 2 is 2.00 bits per heavy atom. The zero-order chi connectivity index (χ0) is 15.6. The predicted molar refractivity (Wildman–Crippen MR) is 90.0 cm³/mol. The van der Waals surface area contributed by atoms with Crippen LogP contribution in [0.25, 0.3) is 0 Å². The predicted octanol–water partition coefficient (Wildman–Crippen LogP) is 3.44. The number of aliphatic hydroxyl groups excluding tert-OH is 1. The molecule has 1 aliphatic carbocycles. The number of aliphatic hydroxyl groups is 1. The van der Waals surface area contributed by atoms with E-state index in [4.69, 9.17) is 11.6 Å². The Kier molecular flexibility index (Phi) is 5.18. The van der Waals surface area contributed by atoms with Gasteiger partial charge < -0.3 is 15.3 Å². The molecule has 1 aromatic carbocycles. The molecule has 3 nitrogen and oxygen atoms in total. The molecule has 0 aromatic heterocycles. The van der Waals surface area contributed by atoms with Crippen molar-refractivity contribution in [1.29, 1.82) is 0 Å². The number of hydrogen-bond acceptors (Lipinski definition) is 3. The van der Waals surface area contributed by atoms with Gasteiger partial charge in [0.2, 0.25) is 0 Å². The van der Waals surface area contributed by atoms with Gasteiger partial charge in [0.05, 0.1) is 16.8 Å². The molecule has 1 saturated carbocycles. The number of anilines is 1. The first-order valence-electron chi connectivity index (χ1n) is 7.67. The lowest BCUT2D eigenvalue weighted by Gasteiger charge is -2.35. The highest BCUT2D eigenvalue weighted by molar-refractivity contribution is 6.33. The number of hydrogen-bond donors (Lipinski definition) is 2. The molecule has 1 aliphatic rings. The van der Waals surface area contributed by atoms with Crippen molar-refractivity contribution in [3.05, 3.63) is 28.8 Å². The van der Waals surface area contributed by atoms with Crippen molar-refractivity contribution in [3.8, 4) is 0 Å². The SMILES string of the molecule is CN(CC1CC(O)C1)c1ccc(CNC(C)(C)C)cc1Cl. The molecule has 0 spiro atoms. The number of nitrogens with one attached hydrogen (secondary N) is 1. The topological polar surface area (TPSA) is 35.5 Å². The normalized spacial score (nSPS) is 22.0. The van der Waals surface area contributed by atoms with Crippen LogP contribution in [-0.2, 0) is 6.54 Å². The zero-order valence-electron chi connectivity index (χ0n) is 13.5. The Bertz CT molecular complexity index is 478. The van der Waals surface area contributed by atoms with Crippen LogP contribution in [-0.4, -0.2) is 30.3 Å². The second-order valence-electron chi connectivity index (χ2n) is 7.26. The molecule has 21 heavy (non-hydrogen) atoms. The van der Waals surface area contributed by atoms with Crippen molar-refractivity contribution in [2.24, 2.45) is 5.92 Å². The van der Waals surface area contributed by atoms with Crippen LogP contribution in [0, 0.1) is 5.92 Å². The van der Waals surface area contributed by atoms with Crippen LogP contribution in [0.3, 0.4) is 0 Å². The van der Waals surface area contributed by atoms with Crippen LogP contribution < -0.4 is 10.2 Å². The van der Waals surface area contributed by atoms with E-state index in [2.05, 4.69) is 50.2 Å². The van der Waals surface area contributed by atoms with Gasteiger partial charge in [0.1, 0.15) is 0 Å². The van der Waals surface area contributed by atoms with Gasteiger partial charge in [-0.05, 0) is 57.2 Å². The lowest BCUT2D eigenvalue weighted by Crippen LogP contribution is -2.37. The third-order valence-corrected chi connectivity index (χ3v) is 4.29. The van der Waals surface area contributed by atoms with Crippen LogP contribution in [0.1, 0.15) is 39.2 Å². The maximum Gasteiger partial charge on any atom is 0.0642 e. The number of halogens is 1. The van der Waals surface area contributed by atoms with Gasteiger partial charge in [0.15, 0.2) is 0 Å². The van der Waals surface area contributed by atoms with Gasteiger partial charge in [0.25, 0.3) is 0 Å². The fourth-order valence-electron chi connectivity index (χ4n) is 2.67. The van der Waals surface area contributed by atoms with Gasteiger partial charge in [-0.2, -0.15) is 0 Å². The molecule has 0 bridgehead atoms. The summed E-state index contributed by atoms with van der Waals surface area (Å²) in [5.74, 6) is 0.586. The summed E-state index contributed by atoms with van der Waals surface area (Å²) in [4.78, 5) is 2.19. The molecule has 0 amide bonds. The van der Waals surface area contributed by atoms with Crippen LogP contribution >= 0.6 is 11.6 Å². The molecule has 2 rings (SSSR count). The minimum absolute atomic E-state index is 0.0929. The first-order chi connectivity index (χ1) is 9.74. The molecule has 0 saturated heterocycles. The minimum Gasteiger partial charge on any atom is -0.393 e. The summed E-state index contributed by atoms with van der Waals surface area (Å²) < 4.78 is 0. The van der Waals surface area contributed by atoms with Gasteiger partial charge >= 0.3 is 0 Å². The second-order valence-corrected chi connectivity index (χ2v) is 7.67. The number of rotatable bonds is 5. The van der Waals surface area contributed by atoms with Gasteiger partial charge in [-0.15, -0.1) is 0 Å². The average Bonchev–Trinajstić information content (AvgIpc) is 2.33. The molecule has 118 valence electrons. The zero-order valence-corrected chi connectivity index (χ0v) is 14.2. The minimum atomic E-state index is -0.0929. The fraction of sp³-hybridized carbons (Fsp3) is 0.647. The molecule has 0 radical (unpaired) electrons. The average molecular weight is 311 g/mol. The first-order valence-corrected chi connectivity index (χ1v) is 8.05. The van der Waals surface area contributed by atoms with Gasteiger partial charge in [-0.1, -0.05) is 17.7 Å². The second kappa shape index (κ2) is 6.55. The van der Waals surface area contributed by atoms with E-state index in [1.807, 2.05) is 6.07 Å². The Morgan fingerprint density at radius 3 is 2.52 bits per heavy atom. The molecule has 1 fully saturated rings. The highest BCUT2D eigenvalue weighted by Gasteiger charge is 2.28. The van der Waals surface area contributed by atoms with E-state index in [9.17, 15) is 5.11 Å². The van der Waals surface area contributed by atoms with E-state index in [-0.39, 0.29) is 11.6 Å². The summed E-state index contributed by atoms with van der Waals surface area (Å²) >= 11 is 6.43. The molecule has 2 N–H and O–H groups in total. The van der Waals surface area contributed by atoms with Crippen LogP contribution in [0.5, 0.6) is 0 Å². The summed E-state index contributed by atoms with van der Waals surface area (Å²) in [5, 5.41) is 13.6. The highest BCUT2D eigenvalue weighted by atomic mass is 35.5. The van der Waals surface area contributed by atoms with E-state index >= 15 is 0 Å². The molecule has 1 aromatic rings. The molecule has 0 aliphatic heterocycles. The molecule has 0 atom stereocenters. The Labute approximate surface area is 133 Å². The summed E-state index contributed by atoms with van der Waals surface area (Å²) in [5.41, 5.74) is 2.37. The summed E-state index contributed by atoms with van der Waals surface area (Å²) in [6, 6.07) is 6.27. The molecule has 0 unspecified atom stereocenters. The van der Waals surface area contributed by atoms with Crippen molar-refractivity contribution in [3.63, 3.8) is 0 Å². The van der Waals surface area contributed by atoms with E-state index in [0.29, 0.717) is 5.92 Å². The first kappa shape index (κ1) is 16.6. The third kappa shape index (κ3) is 4.87. The van der Waals surface area contributed by atoms with Crippen molar-refractivity contribution in [2.75, 3.05) is 18.5 Å². The van der Waals surface area contributed by atoms with Crippen molar-refractivity contribution in [1.82, 2.24) is 5.32 Å². The molecular weight excluding hydrogens is 284 g/mol. The highest BCUT2D eigenvalue weighted by Crippen LogP contribution is 2.32. The van der Waals surface area contributed by atoms with Crippen LogP contribution in [0.2, 0.25) is 5.02 Å². The molecule has 4 heteroatoms. The van der Waals surface area contributed by atoms with E-state index in [1.165, 1.54) is 5.56 Å². The Hall–Kier alpha value is -0.770. The summed E-state index contributed by atoms with van der Waals surface area (Å²) in [6.45, 7) is 8.25. The summed E-state index contributed by atoms with van der Waals surface area (Å²) in [6.07, 6.45) is 1.73. The van der Waals surface area contributed by atoms with E-state index < -0.39 is 0 Å². The Morgan fingerprint density at radius 1 is 1.33 bits per heavy atom. The van der Waals surface area contributed by atoms with Gasteiger partial charge in [-0.25, -0.2) is 0 Å². The fourth-order valence-corrected chi connectivity index (χ4v) is 3.02. The summed E-state index contributed by atoms with van der Waals surface area (Å²) in [7, 11) is 2.07. The maximum absolute atomic E-state index is 9.37. The molecule has 0 heterocycles. The largest absolute Gasteiger partial charge is 0.393 e.